The molecule has 1 aliphatic rings. The number of nitrogens with one attached hydrogen (secondary N) is 1. The van der Waals surface area contributed by atoms with E-state index in [9.17, 15) is 0 Å². The topological polar surface area (TPSA) is 12.0 Å². The van der Waals surface area contributed by atoms with Gasteiger partial charge in [0.25, 0.3) is 0 Å². The van der Waals surface area contributed by atoms with Gasteiger partial charge in [-0.1, -0.05) is 32.9 Å². The average molecular weight is 245 g/mol. The normalized spacial score (nSPS) is 18.1. The molecular weight excluding hydrogens is 218 g/mol. The highest BCUT2D eigenvalue weighted by atomic mass is 14.9. The van der Waals surface area contributed by atoms with Crippen LogP contribution in [0.15, 0.2) is 12.1 Å². The Morgan fingerprint density at radius 3 is 1.94 bits per heavy atom. The van der Waals surface area contributed by atoms with Gasteiger partial charge >= 0.3 is 0 Å². The highest BCUT2D eigenvalue weighted by molar-refractivity contribution is 5.42. The van der Waals surface area contributed by atoms with Crippen LogP contribution in [0, 0.1) is 13.8 Å². The van der Waals surface area contributed by atoms with E-state index < -0.39 is 0 Å². The second-order valence-corrected chi connectivity index (χ2v) is 6.80. The van der Waals surface area contributed by atoms with Crippen molar-refractivity contribution in [2.75, 3.05) is 13.1 Å². The van der Waals surface area contributed by atoms with E-state index in [0.717, 1.165) is 5.92 Å². The molecule has 1 nitrogen and oxygen atoms in total. The first-order chi connectivity index (χ1) is 8.39. The smallest absolute Gasteiger partial charge is 0.00431 e. The number of piperidine rings is 1. The highest BCUT2D eigenvalue weighted by Gasteiger charge is 2.21. The van der Waals surface area contributed by atoms with E-state index in [-0.39, 0.29) is 5.41 Å². The summed E-state index contributed by atoms with van der Waals surface area (Å²) in [5.41, 5.74) is 6.32. The minimum atomic E-state index is 0.252. The van der Waals surface area contributed by atoms with Crippen LogP contribution in [0.2, 0.25) is 0 Å². The summed E-state index contributed by atoms with van der Waals surface area (Å²) in [7, 11) is 0. The van der Waals surface area contributed by atoms with Gasteiger partial charge in [0, 0.05) is 0 Å². The van der Waals surface area contributed by atoms with Crippen LogP contribution in [0.4, 0.5) is 0 Å². The number of rotatable bonds is 1. The third-order valence-electron chi connectivity index (χ3n) is 4.21. The van der Waals surface area contributed by atoms with E-state index >= 15 is 0 Å². The van der Waals surface area contributed by atoms with Crippen LogP contribution < -0.4 is 5.32 Å². The molecule has 2 rings (SSSR count). The average Bonchev–Trinajstić information content (AvgIpc) is 2.28. The zero-order valence-electron chi connectivity index (χ0n) is 12.6. The summed E-state index contributed by atoms with van der Waals surface area (Å²) in [4.78, 5) is 0. The zero-order chi connectivity index (χ0) is 13.3. The molecule has 1 aromatic carbocycles. The minimum absolute atomic E-state index is 0.252. The van der Waals surface area contributed by atoms with E-state index in [4.69, 9.17) is 0 Å². The maximum absolute atomic E-state index is 3.46. The Hall–Kier alpha value is -0.820. The Labute approximate surface area is 112 Å². The van der Waals surface area contributed by atoms with Crippen molar-refractivity contribution >= 4 is 0 Å². The Balaban J connectivity index is 2.37. The van der Waals surface area contributed by atoms with Gasteiger partial charge in [-0.15, -0.1) is 0 Å². The quantitative estimate of drug-likeness (QED) is 0.786. The van der Waals surface area contributed by atoms with Crippen molar-refractivity contribution in [1.82, 2.24) is 5.32 Å². The fourth-order valence-electron chi connectivity index (χ4n) is 3.16. The van der Waals surface area contributed by atoms with Crippen molar-refractivity contribution < 1.29 is 0 Å². The molecule has 0 saturated carbocycles. The van der Waals surface area contributed by atoms with Crippen LogP contribution >= 0.6 is 0 Å². The molecule has 0 atom stereocenters. The lowest BCUT2D eigenvalue weighted by Gasteiger charge is -2.28. The van der Waals surface area contributed by atoms with Gasteiger partial charge in [0.05, 0.1) is 0 Å². The second-order valence-electron chi connectivity index (χ2n) is 6.80. The molecule has 0 aliphatic carbocycles. The molecule has 0 spiro atoms. The molecule has 0 aromatic heterocycles. The van der Waals surface area contributed by atoms with Gasteiger partial charge in [0.15, 0.2) is 0 Å². The van der Waals surface area contributed by atoms with E-state index in [1.165, 1.54) is 42.6 Å². The van der Waals surface area contributed by atoms with Crippen LogP contribution in [-0.2, 0) is 5.41 Å². The van der Waals surface area contributed by atoms with Crippen LogP contribution in [0.25, 0.3) is 0 Å². The number of hydrogen-bond acceptors (Lipinski definition) is 1. The van der Waals surface area contributed by atoms with Gasteiger partial charge in [-0.2, -0.15) is 0 Å². The summed E-state index contributed by atoms with van der Waals surface area (Å²) < 4.78 is 0. The molecule has 0 unspecified atom stereocenters. The Bertz CT molecular complexity index is 397. The number of hydrogen-bond donors (Lipinski definition) is 1. The maximum Gasteiger partial charge on any atom is -0.00431 e. The number of aryl methyl sites for hydroxylation is 2. The molecular formula is C17H27N. The van der Waals surface area contributed by atoms with Gasteiger partial charge < -0.3 is 5.32 Å². The van der Waals surface area contributed by atoms with E-state index in [1.54, 1.807) is 5.56 Å². The monoisotopic (exact) mass is 245 g/mol. The van der Waals surface area contributed by atoms with Crippen molar-refractivity contribution in [3.05, 3.63) is 34.4 Å². The van der Waals surface area contributed by atoms with Crippen molar-refractivity contribution in [1.29, 1.82) is 0 Å². The molecule has 1 fully saturated rings. The van der Waals surface area contributed by atoms with Crippen molar-refractivity contribution in [3.8, 4) is 0 Å². The lowest BCUT2D eigenvalue weighted by Crippen LogP contribution is -2.27. The van der Waals surface area contributed by atoms with E-state index in [0.29, 0.717) is 0 Å². The van der Waals surface area contributed by atoms with Crippen LogP contribution in [0.3, 0.4) is 0 Å². The van der Waals surface area contributed by atoms with Gasteiger partial charge in [0.2, 0.25) is 0 Å². The van der Waals surface area contributed by atoms with Crippen molar-refractivity contribution in [2.45, 2.75) is 58.8 Å². The number of benzene rings is 1. The fourth-order valence-corrected chi connectivity index (χ4v) is 3.16. The van der Waals surface area contributed by atoms with Gasteiger partial charge in [0.1, 0.15) is 0 Å². The predicted octanol–water partition coefficient (Wildman–Crippen LogP) is 4.07. The molecule has 0 bridgehead atoms. The lowest BCUT2D eigenvalue weighted by atomic mass is 9.79. The van der Waals surface area contributed by atoms with Crippen LogP contribution in [0.5, 0.6) is 0 Å². The van der Waals surface area contributed by atoms with Crippen LogP contribution in [0.1, 0.15) is 61.8 Å². The fraction of sp³-hybridized carbons (Fsp3) is 0.647. The second kappa shape index (κ2) is 5.05. The third-order valence-corrected chi connectivity index (χ3v) is 4.21. The Morgan fingerprint density at radius 1 is 1.00 bits per heavy atom. The molecule has 1 N–H and O–H groups in total. The summed E-state index contributed by atoms with van der Waals surface area (Å²) in [6, 6.07) is 4.81. The zero-order valence-corrected chi connectivity index (χ0v) is 12.6. The van der Waals surface area contributed by atoms with E-state index in [2.05, 4.69) is 52.1 Å². The molecule has 18 heavy (non-hydrogen) atoms. The molecule has 1 aromatic rings. The molecule has 0 radical (unpaired) electrons. The summed E-state index contributed by atoms with van der Waals surface area (Å²) in [5.74, 6) is 0.764. The van der Waals surface area contributed by atoms with Crippen LogP contribution in [-0.4, -0.2) is 13.1 Å². The van der Waals surface area contributed by atoms with Gasteiger partial charge in [-0.3, -0.25) is 0 Å². The molecule has 1 heteroatoms. The molecule has 100 valence electrons. The summed E-state index contributed by atoms with van der Waals surface area (Å²) in [6.45, 7) is 13.8. The molecule has 1 aliphatic heterocycles. The lowest BCUT2D eigenvalue weighted by molar-refractivity contribution is 0.457. The first kappa shape index (κ1) is 13.6. The summed E-state index contributed by atoms with van der Waals surface area (Å²) in [5, 5.41) is 3.46. The molecule has 1 heterocycles. The van der Waals surface area contributed by atoms with Crippen molar-refractivity contribution in [2.24, 2.45) is 0 Å². The summed E-state index contributed by atoms with van der Waals surface area (Å²) in [6.07, 6.45) is 2.58. The van der Waals surface area contributed by atoms with Gasteiger partial charge in [-0.25, -0.2) is 0 Å². The first-order valence-corrected chi connectivity index (χ1v) is 7.22. The van der Waals surface area contributed by atoms with Gasteiger partial charge in [-0.05, 0) is 73.4 Å². The molecule has 1 saturated heterocycles. The summed E-state index contributed by atoms with van der Waals surface area (Å²) >= 11 is 0. The third kappa shape index (κ3) is 2.77. The molecule has 0 amide bonds. The first-order valence-electron chi connectivity index (χ1n) is 7.22. The highest BCUT2D eigenvalue weighted by Crippen LogP contribution is 2.34. The minimum Gasteiger partial charge on any atom is -0.317 e. The van der Waals surface area contributed by atoms with E-state index in [1.807, 2.05) is 0 Å². The maximum atomic E-state index is 3.46. The Morgan fingerprint density at radius 2 is 1.50 bits per heavy atom. The largest absolute Gasteiger partial charge is 0.317 e. The van der Waals surface area contributed by atoms with Crippen molar-refractivity contribution in [3.63, 3.8) is 0 Å². The Kier molecular flexibility index (Phi) is 3.82. The SMILES string of the molecule is Cc1cc(C(C)(C)C)cc(C)c1C1CCNCC1. The standard InChI is InChI=1S/C17H27N/c1-12-10-15(17(3,4)5)11-13(2)16(12)14-6-8-18-9-7-14/h10-11,14,18H,6-9H2,1-5H3. The predicted molar refractivity (Wildman–Crippen MR) is 79.5 cm³/mol.